The predicted octanol–water partition coefficient (Wildman–Crippen LogP) is 0.783. The summed E-state index contributed by atoms with van der Waals surface area (Å²) in [7, 11) is 1.86. The summed E-state index contributed by atoms with van der Waals surface area (Å²) in [6.45, 7) is 4.77. The van der Waals surface area contributed by atoms with Gasteiger partial charge < -0.3 is 4.74 Å². The second kappa shape index (κ2) is 4.21. The van der Waals surface area contributed by atoms with E-state index in [2.05, 4.69) is 10.3 Å². The Bertz CT molecular complexity index is 232. The van der Waals surface area contributed by atoms with Gasteiger partial charge in [0, 0.05) is 19.7 Å². The summed E-state index contributed by atoms with van der Waals surface area (Å²) in [5.74, 6) is 0. The fourth-order valence-electron chi connectivity index (χ4n) is 0.909. The molecule has 0 saturated heterocycles. The Morgan fingerprint density at radius 3 is 2.83 bits per heavy atom. The van der Waals surface area contributed by atoms with Crippen LogP contribution in [-0.4, -0.2) is 27.7 Å². The highest BCUT2D eigenvalue weighted by Crippen LogP contribution is 1.95. The molecule has 0 aliphatic rings. The van der Waals surface area contributed by atoms with Crippen molar-refractivity contribution >= 4 is 0 Å². The summed E-state index contributed by atoms with van der Waals surface area (Å²) in [4.78, 5) is 0. The maximum atomic E-state index is 5.38. The highest BCUT2D eigenvalue weighted by atomic mass is 16.5. The summed E-state index contributed by atoms with van der Waals surface area (Å²) < 4.78 is 7.08. The van der Waals surface area contributed by atoms with Crippen molar-refractivity contribution < 1.29 is 4.74 Å². The standard InChI is InChI=1S/C8H15N3O/c1-7(2)12-5-4-8-6-11(3)10-9-8/h6-7H,4-5H2,1-3H3. The lowest BCUT2D eigenvalue weighted by atomic mass is 10.3. The van der Waals surface area contributed by atoms with Crippen molar-refractivity contribution in [1.82, 2.24) is 15.0 Å². The first kappa shape index (κ1) is 9.19. The molecule has 1 aromatic rings. The molecule has 0 radical (unpaired) electrons. The zero-order valence-corrected chi connectivity index (χ0v) is 7.82. The molecule has 0 saturated carbocycles. The molecule has 1 heterocycles. The molecule has 1 aromatic heterocycles. The highest BCUT2D eigenvalue weighted by molar-refractivity contribution is 4.91. The van der Waals surface area contributed by atoms with E-state index in [1.807, 2.05) is 27.1 Å². The number of rotatable bonds is 4. The van der Waals surface area contributed by atoms with Crippen molar-refractivity contribution in [2.45, 2.75) is 26.4 Å². The third kappa shape index (κ3) is 3.00. The minimum atomic E-state index is 0.293. The number of hydrogen-bond donors (Lipinski definition) is 0. The van der Waals surface area contributed by atoms with E-state index < -0.39 is 0 Å². The van der Waals surface area contributed by atoms with Gasteiger partial charge in [0.15, 0.2) is 0 Å². The van der Waals surface area contributed by atoms with Crippen LogP contribution >= 0.6 is 0 Å². The lowest BCUT2D eigenvalue weighted by Crippen LogP contribution is -2.06. The predicted molar refractivity (Wildman–Crippen MR) is 45.8 cm³/mol. The molecule has 0 fully saturated rings. The zero-order chi connectivity index (χ0) is 8.97. The monoisotopic (exact) mass is 169 g/mol. The van der Waals surface area contributed by atoms with Gasteiger partial charge in [0.05, 0.1) is 18.4 Å². The van der Waals surface area contributed by atoms with Gasteiger partial charge in [0.25, 0.3) is 0 Å². The number of hydrogen-bond acceptors (Lipinski definition) is 3. The molecule has 4 nitrogen and oxygen atoms in total. The summed E-state index contributed by atoms with van der Waals surface area (Å²) >= 11 is 0. The summed E-state index contributed by atoms with van der Waals surface area (Å²) in [5, 5.41) is 7.77. The largest absolute Gasteiger partial charge is 0.378 e. The Labute approximate surface area is 72.5 Å². The van der Waals surface area contributed by atoms with Gasteiger partial charge in [-0.25, -0.2) is 0 Å². The van der Waals surface area contributed by atoms with Crippen LogP contribution in [0, 0.1) is 0 Å². The molecule has 68 valence electrons. The van der Waals surface area contributed by atoms with E-state index in [1.54, 1.807) is 4.68 Å². The molecule has 0 aliphatic carbocycles. The van der Waals surface area contributed by atoms with E-state index in [0.717, 1.165) is 18.7 Å². The summed E-state index contributed by atoms with van der Waals surface area (Å²) in [5.41, 5.74) is 0.984. The van der Waals surface area contributed by atoms with Crippen LogP contribution < -0.4 is 0 Å². The molecule has 0 aromatic carbocycles. The average Bonchev–Trinajstić information content (AvgIpc) is 2.35. The van der Waals surface area contributed by atoms with Gasteiger partial charge in [0.2, 0.25) is 0 Å². The number of aryl methyl sites for hydroxylation is 1. The third-order valence-electron chi connectivity index (χ3n) is 1.46. The quantitative estimate of drug-likeness (QED) is 0.668. The lowest BCUT2D eigenvalue weighted by molar-refractivity contribution is 0.0809. The first-order valence-corrected chi connectivity index (χ1v) is 4.15. The maximum Gasteiger partial charge on any atom is 0.0849 e. The topological polar surface area (TPSA) is 39.9 Å². The van der Waals surface area contributed by atoms with Crippen molar-refractivity contribution in [3.63, 3.8) is 0 Å². The smallest absolute Gasteiger partial charge is 0.0849 e. The van der Waals surface area contributed by atoms with E-state index >= 15 is 0 Å². The fourth-order valence-corrected chi connectivity index (χ4v) is 0.909. The molecular formula is C8H15N3O. The Morgan fingerprint density at radius 1 is 1.58 bits per heavy atom. The molecular weight excluding hydrogens is 154 g/mol. The Balaban J connectivity index is 2.24. The number of nitrogens with zero attached hydrogens (tertiary/aromatic N) is 3. The normalized spacial score (nSPS) is 11.0. The van der Waals surface area contributed by atoms with Gasteiger partial charge >= 0.3 is 0 Å². The van der Waals surface area contributed by atoms with Gasteiger partial charge in [0.1, 0.15) is 0 Å². The average molecular weight is 169 g/mol. The van der Waals surface area contributed by atoms with Crippen LogP contribution in [0.5, 0.6) is 0 Å². The van der Waals surface area contributed by atoms with Gasteiger partial charge in [-0.2, -0.15) is 0 Å². The molecule has 12 heavy (non-hydrogen) atoms. The second-order valence-corrected chi connectivity index (χ2v) is 3.05. The fraction of sp³-hybridized carbons (Fsp3) is 0.750. The first-order valence-electron chi connectivity index (χ1n) is 4.15. The Kier molecular flexibility index (Phi) is 3.22. The zero-order valence-electron chi connectivity index (χ0n) is 7.82. The molecule has 4 heteroatoms. The van der Waals surface area contributed by atoms with E-state index in [-0.39, 0.29) is 0 Å². The van der Waals surface area contributed by atoms with Crippen LogP contribution in [0.3, 0.4) is 0 Å². The summed E-state index contributed by atoms with van der Waals surface area (Å²) in [6, 6.07) is 0. The highest BCUT2D eigenvalue weighted by Gasteiger charge is 1.98. The Hall–Kier alpha value is -0.900. The SMILES string of the molecule is CC(C)OCCc1cn(C)nn1. The lowest BCUT2D eigenvalue weighted by Gasteiger charge is -2.04. The van der Waals surface area contributed by atoms with E-state index in [4.69, 9.17) is 4.74 Å². The molecule has 0 aliphatic heterocycles. The van der Waals surface area contributed by atoms with Crippen molar-refractivity contribution in [3.05, 3.63) is 11.9 Å². The van der Waals surface area contributed by atoms with E-state index in [1.165, 1.54) is 0 Å². The van der Waals surface area contributed by atoms with Crippen LogP contribution in [0.15, 0.2) is 6.20 Å². The van der Waals surface area contributed by atoms with Gasteiger partial charge in [-0.15, -0.1) is 5.10 Å². The van der Waals surface area contributed by atoms with Gasteiger partial charge in [-0.3, -0.25) is 4.68 Å². The molecule has 0 atom stereocenters. The Morgan fingerprint density at radius 2 is 2.33 bits per heavy atom. The van der Waals surface area contributed by atoms with Crippen LogP contribution in [0.25, 0.3) is 0 Å². The molecule has 0 unspecified atom stereocenters. The van der Waals surface area contributed by atoms with Crippen LogP contribution in [0.2, 0.25) is 0 Å². The van der Waals surface area contributed by atoms with Gasteiger partial charge in [-0.1, -0.05) is 5.21 Å². The molecule has 0 amide bonds. The minimum Gasteiger partial charge on any atom is -0.378 e. The molecule has 0 bridgehead atoms. The first-order chi connectivity index (χ1) is 5.68. The molecule has 0 spiro atoms. The number of ether oxygens (including phenoxy) is 1. The van der Waals surface area contributed by atoms with Gasteiger partial charge in [-0.05, 0) is 13.8 Å². The minimum absolute atomic E-state index is 0.293. The van der Waals surface area contributed by atoms with Crippen LogP contribution in [0.4, 0.5) is 0 Å². The van der Waals surface area contributed by atoms with E-state index in [0.29, 0.717) is 6.10 Å². The third-order valence-corrected chi connectivity index (χ3v) is 1.46. The second-order valence-electron chi connectivity index (χ2n) is 3.05. The van der Waals surface area contributed by atoms with E-state index in [9.17, 15) is 0 Å². The maximum absolute atomic E-state index is 5.38. The van der Waals surface area contributed by atoms with Crippen molar-refractivity contribution in [2.75, 3.05) is 6.61 Å². The van der Waals surface area contributed by atoms with Crippen molar-refractivity contribution in [1.29, 1.82) is 0 Å². The van der Waals surface area contributed by atoms with Crippen molar-refractivity contribution in [2.24, 2.45) is 7.05 Å². The van der Waals surface area contributed by atoms with Crippen LogP contribution in [0.1, 0.15) is 19.5 Å². The molecule has 1 rings (SSSR count). The van der Waals surface area contributed by atoms with Crippen molar-refractivity contribution in [3.8, 4) is 0 Å². The van der Waals surface area contributed by atoms with Crippen LogP contribution in [-0.2, 0) is 18.2 Å². The molecule has 0 N–H and O–H groups in total. The number of aromatic nitrogens is 3. The summed E-state index contributed by atoms with van der Waals surface area (Å²) in [6.07, 6.45) is 3.04.